The number of primary amides is 1. The van der Waals surface area contributed by atoms with Crippen LogP contribution in [0.1, 0.15) is 21.6 Å². The lowest BCUT2D eigenvalue weighted by molar-refractivity contribution is 0.0632. The predicted octanol–water partition coefficient (Wildman–Crippen LogP) is 3.80. The number of nitrogens with zero attached hydrogens (tertiary/aromatic N) is 1. The molecular weight excluding hydrogens is 436 g/mol. The Balaban J connectivity index is 1.59. The van der Waals surface area contributed by atoms with Crippen molar-refractivity contribution in [2.24, 2.45) is 5.73 Å². The van der Waals surface area contributed by atoms with Gasteiger partial charge in [-0.05, 0) is 54.1 Å². The lowest BCUT2D eigenvalue weighted by Crippen LogP contribution is -2.30. The van der Waals surface area contributed by atoms with Crippen LogP contribution in [-0.2, 0) is 11.2 Å². The lowest BCUT2D eigenvalue weighted by atomic mass is 10.1. The summed E-state index contributed by atoms with van der Waals surface area (Å²) in [5.74, 6) is -0.395. The highest BCUT2D eigenvalue weighted by atomic mass is 35.5. The molecule has 0 bridgehead atoms. The van der Waals surface area contributed by atoms with E-state index in [0.29, 0.717) is 29.4 Å². The van der Waals surface area contributed by atoms with Crippen LogP contribution in [0.25, 0.3) is 10.8 Å². The minimum absolute atomic E-state index is 0.0194. The van der Waals surface area contributed by atoms with Crippen LogP contribution in [0.3, 0.4) is 0 Å². The van der Waals surface area contributed by atoms with Gasteiger partial charge in [0.1, 0.15) is 11.4 Å². The van der Waals surface area contributed by atoms with Gasteiger partial charge in [-0.1, -0.05) is 23.7 Å². The maximum absolute atomic E-state index is 12.2. The fraction of sp³-hybridized carbons (Fsp3) is 0.182. The van der Waals surface area contributed by atoms with E-state index in [2.05, 4.69) is 20.4 Å². The number of anilines is 1. The van der Waals surface area contributed by atoms with Crippen LogP contribution in [0.4, 0.5) is 15.3 Å². The third-order valence-electron chi connectivity index (χ3n) is 4.62. The number of hydrogen-bond donors (Lipinski definition) is 3. The SMILES string of the molecule is COc1cc(C)c(Cl)cc1NC(=O)NCCc1ccc2cc(C(=O)OC(N)=O)ncc2c1. The van der Waals surface area contributed by atoms with Crippen molar-refractivity contribution in [2.45, 2.75) is 13.3 Å². The number of urea groups is 1. The number of ether oxygens (including phenoxy) is 2. The van der Waals surface area contributed by atoms with Crippen LogP contribution < -0.4 is 21.1 Å². The molecule has 0 saturated carbocycles. The molecule has 3 aromatic rings. The minimum Gasteiger partial charge on any atom is -0.495 e. The molecule has 0 saturated heterocycles. The number of benzene rings is 2. The van der Waals surface area contributed by atoms with E-state index in [0.717, 1.165) is 21.9 Å². The van der Waals surface area contributed by atoms with Crippen LogP contribution in [-0.4, -0.2) is 36.7 Å². The topological polar surface area (TPSA) is 133 Å². The second-order valence-electron chi connectivity index (χ2n) is 6.89. The summed E-state index contributed by atoms with van der Waals surface area (Å²) in [4.78, 5) is 38.7. The van der Waals surface area contributed by atoms with Gasteiger partial charge in [-0.2, -0.15) is 0 Å². The summed E-state index contributed by atoms with van der Waals surface area (Å²) in [6.07, 6.45) is 0.887. The lowest BCUT2D eigenvalue weighted by Gasteiger charge is -2.13. The number of fused-ring (bicyclic) bond motifs is 1. The van der Waals surface area contributed by atoms with Crippen LogP contribution in [0.5, 0.6) is 5.75 Å². The molecule has 1 aromatic heterocycles. The standard InChI is InChI=1S/C22H21ClN4O5/c1-12-7-19(31-2)17(10-16(12)23)27-22(30)25-6-5-13-3-4-14-9-18(20(28)32-21(24)29)26-11-15(14)8-13/h3-4,7-11H,5-6H2,1-2H3,(H2,24,29)(H2,25,27,30). The summed E-state index contributed by atoms with van der Waals surface area (Å²) >= 11 is 6.13. The summed E-state index contributed by atoms with van der Waals surface area (Å²) in [6, 6.07) is 10.1. The first-order chi connectivity index (χ1) is 15.3. The second kappa shape index (κ2) is 9.97. The number of aryl methyl sites for hydroxylation is 1. The van der Waals surface area contributed by atoms with Gasteiger partial charge in [0.2, 0.25) is 0 Å². The number of carbonyl (C=O) groups is 3. The average Bonchev–Trinajstić information content (AvgIpc) is 2.75. The molecule has 10 heteroatoms. The first-order valence-electron chi connectivity index (χ1n) is 9.56. The second-order valence-corrected chi connectivity index (χ2v) is 7.30. The molecule has 4 N–H and O–H groups in total. The van der Waals surface area contributed by atoms with Crippen molar-refractivity contribution in [2.75, 3.05) is 19.0 Å². The molecule has 1 heterocycles. The van der Waals surface area contributed by atoms with Crippen molar-refractivity contribution < 1.29 is 23.9 Å². The summed E-state index contributed by atoms with van der Waals surface area (Å²) < 4.78 is 9.61. The third kappa shape index (κ3) is 5.64. The molecule has 0 spiro atoms. The van der Waals surface area contributed by atoms with Crippen molar-refractivity contribution in [3.05, 3.63) is 64.4 Å². The molecule has 0 unspecified atom stereocenters. The van der Waals surface area contributed by atoms with Gasteiger partial charge in [0.15, 0.2) is 0 Å². The number of pyridine rings is 1. The molecule has 9 nitrogen and oxygen atoms in total. The van der Waals surface area contributed by atoms with Crippen LogP contribution in [0, 0.1) is 6.92 Å². The van der Waals surface area contributed by atoms with Gasteiger partial charge in [0.05, 0.1) is 12.8 Å². The van der Waals surface area contributed by atoms with Crippen molar-refractivity contribution >= 4 is 46.2 Å². The van der Waals surface area contributed by atoms with E-state index < -0.39 is 12.1 Å². The van der Waals surface area contributed by atoms with Crippen molar-refractivity contribution in [1.29, 1.82) is 0 Å². The molecule has 3 amide bonds. The monoisotopic (exact) mass is 456 g/mol. The Bertz CT molecular complexity index is 1200. The molecule has 2 aromatic carbocycles. The zero-order valence-electron chi connectivity index (χ0n) is 17.4. The summed E-state index contributed by atoms with van der Waals surface area (Å²) in [6.45, 7) is 2.23. The van der Waals surface area contributed by atoms with E-state index in [1.807, 2.05) is 25.1 Å². The van der Waals surface area contributed by atoms with E-state index in [1.54, 1.807) is 12.1 Å². The Morgan fingerprint density at radius 1 is 1.12 bits per heavy atom. The first kappa shape index (κ1) is 22.8. The Morgan fingerprint density at radius 2 is 1.91 bits per heavy atom. The van der Waals surface area contributed by atoms with Gasteiger partial charge in [0.25, 0.3) is 0 Å². The van der Waals surface area contributed by atoms with E-state index in [1.165, 1.54) is 19.4 Å². The maximum Gasteiger partial charge on any atom is 0.412 e. The smallest absolute Gasteiger partial charge is 0.412 e. The number of aromatic nitrogens is 1. The highest BCUT2D eigenvalue weighted by Crippen LogP contribution is 2.30. The Morgan fingerprint density at radius 3 is 2.62 bits per heavy atom. The van der Waals surface area contributed by atoms with E-state index >= 15 is 0 Å². The number of amides is 3. The number of carbonyl (C=O) groups excluding carboxylic acids is 3. The third-order valence-corrected chi connectivity index (χ3v) is 5.02. The number of rotatable bonds is 6. The molecule has 166 valence electrons. The van der Waals surface area contributed by atoms with Crippen molar-refractivity contribution in [1.82, 2.24) is 10.3 Å². The quantitative estimate of drug-likeness (QED) is 0.381. The number of nitrogens with one attached hydrogen (secondary N) is 2. The van der Waals surface area contributed by atoms with E-state index in [-0.39, 0.29) is 11.7 Å². The van der Waals surface area contributed by atoms with Crippen LogP contribution in [0.15, 0.2) is 42.6 Å². The molecule has 0 fully saturated rings. The van der Waals surface area contributed by atoms with Gasteiger partial charge in [0, 0.05) is 23.2 Å². The highest BCUT2D eigenvalue weighted by molar-refractivity contribution is 6.31. The van der Waals surface area contributed by atoms with Gasteiger partial charge in [-0.25, -0.2) is 19.4 Å². The number of nitrogens with two attached hydrogens (primary N) is 1. The summed E-state index contributed by atoms with van der Waals surface area (Å²) in [7, 11) is 1.52. The van der Waals surface area contributed by atoms with Crippen molar-refractivity contribution in [3.8, 4) is 5.75 Å². The van der Waals surface area contributed by atoms with Gasteiger partial charge >= 0.3 is 18.1 Å². The highest BCUT2D eigenvalue weighted by Gasteiger charge is 2.13. The zero-order valence-corrected chi connectivity index (χ0v) is 18.2. The fourth-order valence-electron chi connectivity index (χ4n) is 3.01. The van der Waals surface area contributed by atoms with Gasteiger partial charge < -0.3 is 25.8 Å². The van der Waals surface area contributed by atoms with Gasteiger partial charge in [-0.3, -0.25) is 0 Å². The van der Waals surface area contributed by atoms with Crippen LogP contribution in [0.2, 0.25) is 5.02 Å². The van der Waals surface area contributed by atoms with Gasteiger partial charge in [-0.15, -0.1) is 0 Å². The fourth-order valence-corrected chi connectivity index (χ4v) is 3.17. The normalized spacial score (nSPS) is 10.5. The zero-order chi connectivity index (χ0) is 23.3. The average molecular weight is 457 g/mol. The molecule has 32 heavy (non-hydrogen) atoms. The number of methoxy groups -OCH3 is 1. The van der Waals surface area contributed by atoms with Crippen molar-refractivity contribution in [3.63, 3.8) is 0 Å². The molecule has 0 aliphatic carbocycles. The largest absolute Gasteiger partial charge is 0.495 e. The Kier molecular flexibility index (Phi) is 7.11. The number of halogens is 1. The molecule has 0 atom stereocenters. The van der Waals surface area contributed by atoms with E-state index in [4.69, 9.17) is 22.1 Å². The number of esters is 1. The molecule has 0 aliphatic heterocycles. The first-order valence-corrected chi connectivity index (χ1v) is 9.94. The van der Waals surface area contributed by atoms with Crippen LogP contribution >= 0.6 is 11.6 Å². The molecule has 3 rings (SSSR count). The Hall–Kier alpha value is -3.85. The molecule has 0 aliphatic rings. The maximum atomic E-state index is 12.2. The predicted molar refractivity (Wildman–Crippen MR) is 120 cm³/mol. The minimum atomic E-state index is -1.19. The Labute approximate surface area is 188 Å². The summed E-state index contributed by atoms with van der Waals surface area (Å²) in [5, 5.41) is 7.58. The number of hydrogen-bond acceptors (Lipinski definition) is 6. The molecule has 0 radical (unpaired) electrons. The van der Waals surface area contributed by atoms with E-state index in [9.17, 15) is 14.4 Å². The summed E-state index contributed by atoms with van der Waals surface area (Å²) in [5.41, 5.74) is 7.11. The molecular formula is C22H21ClN4O5.